The van der Waals surface area contributed by atoms with Crippen molar-refractivity contribution in [2.24, 2.45) is 5.41 Å². The van der Waals surface area contributed by atoms with E-state index in [0.29, 0.717) is 35.5 Å². The number of hydrogen-bond donors (Lipinski definition) is 0. The number of nitrogens with zero attached hydrogens (tertiary/aromatic N) is 1. The van der Waals surface area contributed by atoms with Gasteiger partial charge < -0.3 is 9.64 Å². The lowest BCUT2D eigenvalue weighted by molar-refractivity contribution is -0.118. The van der Waals surface area contributed by atoms with Crippen LogP contribution in [0.3, 0.4) is 0 Å². The molecule has 33 heavy (non-hydrogen) atoms. The Kier molecular flexibility index (Phi) is 5.05. The number of sulfone groups is 1. The summed E-state index contributed by atoms with van der Waals surface area (Å²) in [5.41, 5.74) is 5.05. The molecule has 1 aliphatic carbocycles. The van der Waals surface area contributed by atoms with E-state index in [-0.39, 0.29) is 17.0 Å². The first-order valence-corrected chi connectivity index (χ1v) is 13.0. The molecule has 0 saturated heterocycles. The molecule has 0 saturated carbocycles. The fourth-order valence-corrected chi connectivity index (χ4v) is 7.30. The van der Waals surface area contributed by atoms with Gasteiger partial charge in [0.05, 0.1) is 23.7 Å². The number of carbonyl (C=O) groups is 1. The van der Waals surface area contributed by atoms with Crippen LogP contribution in [-0.2, 0) is 14.6 Å². The van der Waals surface area contributed by atoms with Crippen LogP contribution in [0.25, 0.3) is 0 Å². The highest BCUT2D eigenvalue weighted by molar-refractivity contribution is 7.95. The Labute approximate surface area is 195 Å². The summed E-state index contributed by atoms with van der Waals surface area (Å²) < 4.78 is 32.1. The quantitative estimate of drug-likeness (QED) is 0.620. The Morgan fingerprint density at radius 1 is 0.970 bits per heavy atom. The molecule has 1 atom stereocenters. The van der Waals surface area contributed by atoms with Gasteiger partial charge in [0.1, 0.15) is 5.75 Å². The van der Waals surface area contributed by atoms with Gasteiger partial charge in [0.2, 0.25) is 0 Å². The van der Waals surface area contributed by atoms with E-state index in [9.17, 15) is 13.2 Å². The van der Waals surface area contributed by atoms with Crippen LogP contribution in [-0.4, -0.2) is 27.1 Å². The second kappa shape index (κ2) is 7.59. The number of allylic oxidation sites excluding steroid dienone is 4. The van der Waals surface area contributed by atoms with Crippen LogP contribution in [0.5, 0.6) is 5.75 Å². The molecule has 0 fully saturated rings. The van der Waals surface area contributed by atoms with Gasteiger partial charge in [-0.15, -0.1) is 0 Å². The van der Waals surface area contributed by atoms with Crippen LogP contribution in [0.4, 0.5) is 5.69 Å². The fourth-order valence-electron chi connectivity index (χ4n) is 5.45. The molecule has 0 N–H and O–H groups in total. The van der Waals surface area contributed by atoms with Crippen molar-refractivity contribution in [2.75, 3.05) is 17.8 Å². The number of ketones is 1. The molecule has 5 nitrogen and oxygen atoms in total. The molecule has 0 radical (unpaired) electrons. The van der Waals surface area contributed by atoms with Gasteiger partial charge in [-0.3, -0.25) is 4.79 Å². The van der Waals surface area contributed by atoms with E-state index in [2.05, 4.69) is 18.7 Å². The maximum atomic E-state index is 13.7. The topological polar surface area (TPSA) is 63.7 Å². The summed E-state index contributed by atoms with van der Waals surface area (Å²) in [6.07, 6.45) is 1.57. The maximum absolute atomic E-state index is 13.7. The molecule has 5 rings (SSSR count). The number of hydrogen-bond acceptors (Lipinski definition) is 5. The van der Waals surface area contributed by atoms with Crippen LogP contribution in [0.15, 0.2) is 70.4 Å². The van der Waals surface area contributed by atoms with E-state index in [1.165, 1.54) is 0 Å². The van der Waals surface area contributed by atoms with Crippen LogP contribution in [0, 0.1) is 12.3 Å². The molecule has 3 aliphatic rings. The third kappa shape index (κ3) is 3.61. The van der Waals surface area contributed by atoms with Gasteiger partial charge in [-0.05, 0) is 48.6 Å². The van der Waals surface area contributed by atoms with Gasteiger partial charge in [0.15, 0.2) is 15.6 Å². The lowest BCUT2D eigenvalue weighted by atomic mass is 9.70. The van der Waals surface area contributed by atoms with Crippen molar-refractivity contribution in [1.82, 2.24) is 0 Å². The van der Waals surface area contributed by atoms with Crippen LogP contribution >= 0.6 is 0 Å². The predicted octanol–water partition coefficient (Wildman–Crippen LogP) is 5.28. The third-order valence-electron chi connectivity index (χ3n) is 6.96. The average molecular weight is 464 g/mol. The Balaban J connectivity index is 1.80. The maximum Gasteiger partial charge on any atom is 0.177 e. The van der Waals surface area contributed by atoms with Crippen molar-refractivity contribution in [3.63, 3.8) is 0 Å². The number of ether oxygens (including phenoxy) is 1. The molecule has 1 unspecified atom stereocenters. The smallest absolute Gasteiger partial charge is 0.177 e. The van der Waals surface area contributed by atoms with Crippen molar-refractivity contribution in [3.8, 4) is 5.75 Å². The summed E-state index contributed by atoms with van der Waals surface area (Å²) in [5.74, 6) is 0.237. The number of anilines is 1. The van der Waals surface area contributed by atoms with Crippen molar-refractivity contribution in [3.05, 3.63) is 81.5 Å². The van der Waals surface area contributed by atoms with E-state index >= 15 is 0 Å². The number of aryl methyl sites for hydroxylation is 1. The number of Topliss-reactive ketones (excluding diaryl/α,β-unsaturated/α-hetero) is 1. The number of rotatable bonds is 3. The molecule has 0 amide bonds. The third-order valence-corrected chi connectivity index (χ3v) is 8.84. The summed E-state index contributed by atoms with van der Waals surface area (Å²) >= 11 is 0. The zero-order valence-corrected chi connectivity index (χ0v) is 20.3. The lowest BCUT2D eigenvalue weighted by Gasteiger charge is -2.44. The van der Waals surface area contributed by atoms with E-state index in [1.54, 1.807) is 7.11 Å². The van der Waals surface area contributed by atoms with E-state index in [4.69, 9.17) is 4.74 Å². The lowest BCUT2D eigenvalue weighted by Crippen LogP contribution is -2.39. The summed E-state index contributed by atoms with van der Waals surface area (Å²) in [6.45, 7) is 6.25. The fraction of sp³-hybridized carbons (Fsp3) is 0.370. The molecule has 2 aliphatic heterocycles. The minimum atomic E-state index is -3.49. The summed E-state index contributed by atoms with van der Waals surface area (Å²) in [4.78, 5) is 16.1. The first-order chi connectivity index (χ1) is 15.6. The van der Waals surface area contributed by atoms with Gasteiger partial charge in [0, 0.05) is 35.5 Å². The molecule has 2 aromatic carbocycles. The Hall–Kier alpha value is -2.86. The minimum absolute atomic E-state index is 0.0350. The standard InChI is InChI=1S/C27H29NO4S/c1-17-5-9-19(10-6-17)28-21-13-14-33(30,31)26(21)24(18-7-11-20(32-4)12-8-18)25-22(28)15-27(2,3)16-23(25)29/h5-12,24H,13-16H2,1-4H3. The van der Waals surface area contributed by atoms with E-state index in [1.807, 2.05) is 55.5 Å². The normalized spacial score (nSPS) is 23.5. The summed E-state index contributed by atoms with van der Waals surface area (Å²) in [6, 6.07) is 15.6. The zero-order valence-electron chi connectivity index (χ0n) is 19.5. The van der Waals surface area contributed by atoms with Crippen LogP contribution in [0.1, 0.15) is 50.2 Å². The van der Waals surface area contributed by atoms with Crippen LogP contribution < -0.4 is 9.64 Å². The summed E-state index contributed by atoms with van der Waals surface area (Å²) in [5, 5.41) is 0. The zero-order chi connectivity index (χ0) is 23.5. The molecule has 2 heterocycles. The second-order valence-corrected chi connectivity index (χ2v) is 12.1. The molecular weight excluding hydrogens is 434 g/mol. The first-order valence-electron chi connectivity index (χ1n) is 11.3. The molecule has 6 heteroatoms. The second-order valence-electron chi connectivity index (χ2n) is 10.1. The highest BCUT2D eigenvalue weighted by Crippen LogP contribution is 2.54. The van der Waals surface area contributed by atoms with Gasteiger partial charge in [-0.2, -0.15) is 0 Å². The SMILES string of the molecule is COc1ccc(C2C3=C(CC(C)(C)CC3=O)N(c3ccc(C)cc3)C3=C2S(=O)(=O)CC3)cc1. The van der Waals surface area contributed by atoms with E-state index in [0.717, 1.165) is 28.2 Å². The number of carbonyl (C=O) groups excluding carboxylic acids is 1. The van der Waals surface area contributed by atoms with Gasteiger partial charge >= 0.3 is 0 Å². The first kappa shape index (κ1) is 22.0. The van der Waals surface area contributed by atoms with Crippen LogP contribution in [0.2, 0.25) is 0 Å². The van der Waals surface area contributed by atoms with Crippen molar-refractivity contribution in [1.29, 1.82) is 0 Å². The number of methoxy groups -OCH3 is 1. The molecular formula is C27H29NO4S. The molecule has 172 valence electrons. The molecule has 0 aromatic heterocycles. The Morgan fingerprint density at radius 3 is 2.27 bits per heavy atom. The van der Waals surface area contributed by atoms with Crippen molar-refractivity contribution < 1.29 is 17.9 Å². The largest absolute Gasteiger partial charge is 0.497 e. The molecule has 2 aromatic rings. The average Bonchev–Trinajstić information content (AvgIpc) is 3.07. The van der Waals surface area contributed by atoms with Gasteiger partial charge in [0.25, 0.3) is 0 Å². The highest BCUT2D eigenvalue weighted by Gasteiger charge is 2.50. The van der Waals surface area contributed by atoms with Gasteiger partial charge in [-0.25, -0.2) is 8.42 Å². The van der Waals surface area contributed by atoms with E-state index < -0.39 is 15.8 Å². The predicted molar refractivity (Wildman–Crippen MR) is 130 cm³/mol. The monoisotopic (exact) mass is 463 g/mol. The van der Waals surface area contributed by atoms with Crippen molar-refractivity contribution >= 4 is 21.3 Å². The Morgan fingerprint density at radius 2 is 1.64 bits per heavy atom. The minimum Gasteiger partial charge on any atom is -0.497 e. The number of benzene rings is 2. The van der Waals surface area contributed by atoms with Crippen molar-refractivity contribution in [2.45, 2.75) is 46.0 Å². The Bertz CT molecular complexity index is 1300. The van der Waals surface area contributed by atoms with Gasteiger partial charge in [-0.1, -0.05) is 43.7 Å². The highest BCUT2D eigenvalue weighted by atomic mass is 32.2. The molecule has 0 bridgehead atoms. The summed E-state index contributed by atoms with van der Waals surface area (Å²) in [7, 11) is -1.89. The molecule has 0 spiro atoms.